The molecule has 2 aliphatic rings. The molecule has 0 amide bonds. The maximum atomic E-state index is 11.9. The van der Waals surface area contributed by atoms with E-state index >= 15 is 0 Å². The molecule has 0 spiro atoms. The largest absolute Gasteiger partial charge is 0.491 e. The summed E-state index contributed by atoms with van der Waals surface area (Å²) < 4.78 is 11.4. The molecule has 0 atom stereocenters. The number of carboxylic acid groups (broad SMARTS) is 1. The number of carboxylic acids is 1. The topological polar surface area (TPSA) is 62.2 Å². The van der Waals surface area contributed by atoms with Crippen LogP contribution in [0.2, 0.25) is 0 Å². The molecule has 1 N–H and O–H groups in total. The number of hydrogen-bond acceptors (Lipinski definition) is 5. The molecule has 4 rings (SSSR count). The van der Waals surface area contributed by atoms with Gasteiger partial charge in [0.1, 0.15) is 12.4 Å². The van der Waals surface area contributed by atoms with Crippen LogP contribution in [0, 0.1) is 5.92 Å². The Morgan fingerprint density at radius 1 is 1.00 bits per heavy atom. The molecule has 6 nitrogen and oxygen atoms in total. The molecule has 2 heterocycles. The second-order valence-corrected chi connectivity index (χ2v) is 10.0. The van der Waals surface area contributed by atoms with Crippen LogP contribution in [0.5, 0.6) is 5.75 Å². The van der Waals surface area contributed by atoms with E-state index in [1.54, 1.807) is 0 Å². The fraction of sp³-hybridized carbons (Fsp3) is 0.500. The highest BCUT2D eigenvalue weighted by atomic mass is 16.5. The number of likely N-dealkylation sites (tertiary alicyclic amines) is 1. The van der Waals surface area contributed by atoms with E-state index in [0.717, 1.165) is 73.8 Å². The third kappa shape index (κ3) is 7.11. The predicted octanol–water partition coefficient (Wildman–Crippen LogP) is 5.57. The molecule has 2 aromatic carbocycles. The van der Waals surface area contributed by atoms with Crippen molar-refractivity contribution in [2.75, 3.05) is 57.9 Å². The number of hydrogen-bond donors (Lipinski definition) is 1. The molecular weight excluding hydrogens is 452 g/mol. The van der Waals surface area contributed by atoms with E-state index in [9.17, 15) is 9.90 Å². The maximum Gasteiger partial charge on any atom is 0.331 e. The lowest BCUT2D eigenvalue weighted by atomic mass is 9.95. The lowest BCUT2D eigenvalue weighted by molar-refractivity contribution is -0.132. The van der Waals surface area contributed by atoms with Crippen molar-refractivity contribution in [2.24, 2.45) is 5.92 Å². The summed E-state index contributed by atoms with van der Waals surface area (Å²) in [6, 6.07) is 14.5. The van der Waals surface area contributed by atoms with E-state index in [4.69, 9.17) is 9.47 Å². The van der Waals surface area contributed by atoms with Crippen LogP contribution in [0.1, 0.15) is 44.6 Å². The molecule has 6 heteroatoms. The van der Waals surface area contributed by atoms with Crippen LogP contribution in [0.3, 0.4) is 0 Å². The average Bonchev–Trinajstić information content (AvgIpc) is 3.07. The van der Waals surface area contributed by atoms with Gasteiger partial charge in [0, 0.05) is 31.0 Å². The third-order valence-corrected chi connectivity index (χ3v) is 7.27. The van der Waals surface area contributed by atoms with E-state index < -0.39 is 5.97 Å². The van der Waals surface area contributed by atoms with Crippen molar-refractivity contribution in [3.05, 3.63) is 53.6 Å². The molecule has 1 fully saturated rings. The Kier molecular flexibility index (Phi) is 9.42. The minimum atomic E-state index is -0.826. The van der Waals surface area contributed by atoms with E-state index in [-0.39, 0.29) is 0 Å². The Morgan fingerprint density at radius 3 is 2.47 bits per heavy atom. The summed E-state index contributed by atoms with van der Waals surface area (Å²) in [6.45, 7) is 8.06. The zero-order valence-electron chi connectivity index (χ0n) is 21.7. The molecule has 0 radical (unpaired) electrons. The van der Waals surface area contributed by atoms with E-state index in [2.05, 4.69) is 54.1 Å². The number of piperidine rings is 1. The number of ether oxygens (including phenoxy) is 2. The first-order chi connectivity index (χ1) is 17.5. The molecule has 1 saturated heterocycles. The van der Waals surface area contributed by atoms with Gasteiger partial charge in [-0.2, -0.15) is 0 Å². The molecule has 2 aliphatic heterocycles. The van der Waals surface area contributed by atoms with Crippen molar-refractivity contribution < 1.29 is 19.4 Å². The third-order valence-electron chi connectivity index (χ3n) is 7.27. The van der Waals surface area contributed by atoms with Gasteiger partial charge < -0.3 is 24.4 Å². The van der Waals surface area contributed by atoms with Gasteiger partial charge in [0.25, 0.3) is 0 Å². The Bertz CT molecular complexity index is 1030. The first-order valence-corrected chi connectivity index (χ1v) is 13.4. The summed E-state index contributed by atoms with van der Waals surface area (Å²) in [7, 11) is 2.18. The van der Waals surface area contributed by atoms with Gasteiger partial charge in [-0.15, -0.1) is 0 Å². The molecule has 0 aliphatic carbocycles. The molecule has 36 heavy (non-hydrogen) atoms. The number of anilines is 1. The number of benzene rings is 2. The van der Waals surface area contributed by atoms with Gasteiger partial charge in [0.05, 0.1) is 6.61 Å². The van der Waals surface area contributed by atoms with E-state index in [1.807, 2.05) is 18.2 Å². The molecule has 0 aromatic heterocycles. The van der Waals surface area contributed by atoms with Gasteiger partial charge in [0.2, 0.25) is 0 Å². The molecular formula is C30H40N2O4. The summed E-state index contributed by atoms with van der Waals surface area (Å²) in [4.78, 5) is 16.7. The second-order valence-electron chi connectivity index (χ2n) is 10.0. The maximum absolute atomic E-state index is 11.9. The van der Waals surface area contributed by atoms with Crippen molar-refractivity contribution in [1.82, 2.24) is 4.90 Å². The van der Waals surface area contributed by atoms with Crippen LogP contribution in [0.25, 0.3) is 17.2 Å². The Hall–Kier alpha value is -2.83. The Balaban J connectivity index is 1.47. The second kappa shape index (κ2) is 12.9. The van der Waals surface area contributed by atoms with Crippen LogP contribution in [-0.2, 0) is 9.53 Å². The quantitative estimate of drug-likeness (QED) is 0.414. The predicted molar refractivity (Wildman–Crippen MR) is 146 cm³/mol. The zero-order chi connectivity index (χ0) is 25.3. The number of aliphatic carboxylic acids is 1. The summed E-state index contributed by atoms with van der Waals surface area (Å²) in [5, 5.41) is 9.76. The average molecular weight is 493 g/mol. The highest BCUT2D eigenvalue weighted by Gasteiger charge is 2.24. The summed E-state index contributed by atoms with van der Waals surface area (Å²) in [5.74, 6) is 0.641. The van der Waals surface area contributed by atoms with Crippen molar-refractivity contribution in [1.29, 1.82) is 0 Å². The number of fused-ring (bicyclic) bond motifs is 1. The number of carbonyl (C=O) groups is 1. The van der Waals surface area contributed by atoms with Crippen molar-refractivity contribution in [2.45, 2.75) is 39.0 Å². The number of rotatable bonds is 11. The van der Waals surface area contributed by atoms with Crippen molar-refractivity contribution in [3.8, 4) is 16.9 Å². The number of unbranched alkanes of at least 4 members (excludes halogenated alkanes) is 1. The standard InChI is InChI=1S/C30H40N2O4/c1-3-4-17-35-18-19-36-28-8-5-24(6-9-28)25-7-10-29-27(20-25)21-26(30(33)34)13-16-32(29)22-23-11-14-31(2)15-12-23/h5-10,20-21,23H,3-4,11-19,22H2,1-2H3,(H,33,34). The lowest BCUT2D eigenvalue weighted by Crippen LogP contribution is -2.37. The van der Waals surface area contributed by atoms with Gasteiger partial charge in [-0.1, -0.05) is 31.5 Å². The van der Waals surface area contributed by atoms with Gasteiger partial charge >= 0.3 is 5.97 Å². The fourth-order valence-electron chi connectivity index (χ4n) is 5.00. The number of nitrogens with zero attached hydrogens (tertiary/aromatic N) is 2. The summed E-state index contributed by atoms with van der Waals surface area (Å²) in [6.07, 6.45) is 7.02. The first-order valence-electron chi connectivity index (χ1n) is 13.4. The SMILES string of the molecule is CCCCOCCOc1ccc(-c2ccc3c(c2)C=C(C(=O)O)CCN3CC2CCN(C)CC2)cc1. The van der Waals surface area contributed by atoms with Crippen LogP contribution in [0.4, 0.5) is 5.69 Å². The fourth-order valence-corrected chi connectivity index (χ4v) is 5.00. The molecule has 0 saturated carbocycles. The van der Waals surface area contributed by atoms with Crippen LogP contribution < -0.4 is 9.64 Å². The molecule has 0 unspecified atom stereocenters. The summed E-state index contributed by atoms with van der Waals surface area (Å²) in [5.41, 5.74) is 4.76. The zero-order valence-corrected chi connectivity index (χ0v) is 21.7. The van der Waals surface area contributed by atoms with Crippen LogP contribution >= 0.6 is 0 Å². The highest BCUT2D eigenvalue weighted by molar-refractivity contribution is 5.94. The van der Waals surface area contributed by atoms with Crippen LogP contribution in [0.15, 0.2) is 48.0 Å². The van der Waals surface area contributed by atoms with Crippen molar-refractivity contribution in [3.63, 3.8) is 0 Å². The highest BCUT2D eigenvalue weighted by Crippen LogP contribution is 2.34. The molecule has 2 aromatic rings. The first kappa shape index (κ1) is 26.2. The Morgan fingerprint density at radius 2 is 1.75 bits per heavy atom. The minimum Gasteiger partial charge on any atom is -0.491 e. The lowest BCUT2D eigenvalue weighted by Gasteiger charge is -2.34. The van der Waals surface area contributed by atoms with E-state index in [1.165, 1.54) is 12.8 Å². The van der Waals surface area contributed by atoms with Gasteiger partial charge in [-0.25, -0.2) is 4.79 Å². The smallest absolute Gasteiger partial charge is 0.331 e. The van der Waals surface area contributed by atoms with Crippen LogP contribution in [-0.4, -0.2) is 69.0 Å². The Labute approximate surface area is 215 Å². The molecule has 0 bridgehead atoms. The van der Waals surface area contributed by atoms with Gasteiger partial charge in [-0.3, -0.25) is 0 Å². The normalized spacial score (nSPS) is 16.8. The van der Waals surface area contributed by atoms with Crippen molar-refractivity contribution >= 4 is 17.7 Å². The summed E-state index contributed by atoms with van der Waals surface area (Å²) >= 11 is 0. The van der Waals surface area contributed by atoms with E-state index in [0.29, 0.717) is 31.1 Å². The van der Waals surface area contributed by atoms with Gasteiger partial charge in [-0.05, 0) is 98.8 Å². The monoisotopic (exact) mass is 492 g/mol. The van der Waals surface area contributed by atoms with Gasteiger partial charge in [0.15, 0.2) is 0 Å². The molecule has 194 valence electrons. The minimum absolute atomic E-state index is 0.476.